The average molecular weight is 315 g/mol. The number of amides is 3. The van der Waals surface area contributed by atoms with Gasteiger partial charge in [-0.1, -0.05) is 18.2 Å². The van der Waals surface area contributed by atoms with Crippen molar-refractivity contribution >= 4 is 17.6 Å². The summed E-state index contributed by atoms with van der Waals surface area (Å²) in [5, 5.41) is 10.2. The van der Waals surface area contributed by atoms with Crippen molar-refractivity contribution in [1.82, 2.24) is 20.0 Å². The Kier molecular flexibility index (Phi) is 4.22. The first-order valence-electron chi connectivity index (χ1n) is 7.34. The lowest BCUT2D eigenvalue weighted by molar-refractivity contribution is 0.0631. The van der Waals surface area contributed by atoms with Gasteiger partial charge in [0.05, 0.1) is 0 Å². The molecule has 1 saturated heterocycles. The summed E-state index contributed by atoms with van der Waals surface area (Å²) in [5.74, 6) is 0.0487. The number of hydrogen-bond donors (Lipinski definition) is 1. The Morgan fingerprint density at radius 2 is 1.70 bits per heavy atom. The summed E-state index contributed by atoms with van der Waals surface area (Å²) >= 11 is 0. The number of aromatic nitrogens is 2. The van der Waals surface area contributed by atoms with Crippen molar-refractivity contribution in [1.29, 1.82) is 0 Å². The molecule has 1 aromatic heterocycles. The molecule has 0 aliphatic carbocycles. The molecule has 0 radical (unpaired) electrons. The van der Waals surface area contributed by atoms with Gasteiger partial charge in [-0.3, -0.25) is 4.79 Å². The minimum Gasteiger partial charge on any atom is -0.417 e. The highest BCUT2D eigenvalue weighted by Gasteiger charge is 2.27. The monoisotopic (exact) mass is 315 g/mol. The molecule has 2 heterocycles. The van der Waals surface area contributed by atoms with Crippen LogP contribution in [0.25, 0.3) is 0 Å². The van der Waals surface area contributed by atoms with Gasteiger partial charge in [-0.25, -0.2) is 4.79 Å². The van der Waals surface area contributed by atoms with E-state index in [1.54, 1.807) is 16.7 Å². The number of urea groups is 1. The molecular weight excluding hydrogens is 298 g/mol. The van der Waals surface area contributed by atoms with Gasteiger partial charge in [0.2, 0.25) is 5.89 Å². The lowest BCUT2D eigenvalue weighted by Gasteiger charge is -2.33. The molecular formula is C15H17N5O3. The number of piperazine rings is 1. The molecule has 1 aliphatic rings. The fourth-order valence-corrected chi connectivity index (χ4v) is 2.35. The number of benzene rings is 1. The minimum atomic E-state index is -0.297. The van der Waals surface area contributed by atoms with E-state index in [1.807, 2.05) is 30.3 Å². The summed E-state index contributed by atoms with van der Waals surface area (Å²) in [4.78, 5) is 27.7. The molecule has 0 bridgehead atoms. The summed E-state index contributed by atoms with van der Waals surface area (Å²) in [6, 6.07) is 9.10. The summed E-state index contributed by atoms with van der Waals surface area (Å²) < 4.78 is 5.15. The van der Waals surface area contributed by atoms with Crippen LogP contribution in [0.5, 0.6) is 0 Å². The van der Waals surface area contributed by atoms with Crippen LogP contribution >= 0.6 is 0 Å². The van der Waals surface area contributed by atoms with Gasteiger partial charge >= 0.3 is 17.8 Å². The number of carbonyl (C=O) groups is 2. The molecule has 3 rings (SSSR count). The zero-order valence-corrected chi connectivity index (χ0v) is 12.7. The number of anilines is 1. The molecule has 0 atom stereocenters. The van der Waals surface area contributed by atoms with Crippen LogP contribution in [0.15, 0.2) is 34.7 Å². The SMILES string of the molecule is Cc1nnc(C(=O)N2CCN(C(=O)Nc3ccccc3)CC2)o1. The Bertz CT molecular complexity index is 692. The fraction of sp³-hybridized carbons (Fsp3) is 0.333. The molecule has 120 valence electrons. The van der Waals surface area contributed by atoms with Crippen LogP contribution in [0, 0.1) is 6.92 Å². The normalized spacial score (nSPS) is 14.7. The zero-order chi connectivity index (χ0) is 16.2. The van der Waals surface area contributed by atoms with Gasteiger partial charge in [-0.15, -0.1) is 10.2 Å². The van der Waals surface area contributed by atoms with E-state index >= 15 is 0 Å². The third-order valence-corrected chi connectivity index (χ3v) is 3.59. The number of hydrogen-bond acceptors (Lipinski definition) is 5. The van der Waals surface area contributed by atoms with E-state index in [1.165, 1.54) is 0 Å². The van der Waals surface area contributed by atoms with Crippen LogP contribution in [0.1, 0.15) is 16.6 Å². The number of para-hydroxylation sites is 1. The summed E-state index contributed by atoms with van der Waals surface area (Å²) in [6.45, 7) is 3.41. The van der Waals surface area contributed by atoms with Crippen LogP contribution < -0.4 is 5.32 Å². The first-order valence-corrected chi connectivity index (χ1v) is 7.34. The van der Waals surface area contributed by atoms with E-state index in [4.69, 9.17) is 4.42 Å². The van der Waals surface area contributed by atoms with Gasteiger partial charge in [0.1, 0.15) is 0 Å². The predicted octanol–water partition coefficient (Wildman–Crippen LogP) is 1.37. The molecule has 3 amide bonds. The fourth-order valence-electron chi connectivity index (χ4n) is 2.35. The molecule has 8 heteroatoms. The van der Waals surface area contributed by atoms with Crippen molar-refractivity contribution in [3.05, 3.63) is 42.1 Å². The topological polar surface area (TPSA) is 91.6 Å². The van der Waals surface area contributed by atoms with Crippen molar-refractivity contribution in [3.8, 4) is 0 Å². The van der Waals surface area contributed by atoms with Gasteiger partial charge in [0.25, 0.3) is 0 Å². The van der Waals surface area contributed by atoms with Crippen LogP contribution in [0.3, 0.4) is 0 Å². The third-order valence-electron chi connectivity index (χ3n) is 3.59. The molecule has 1 N–H and O–H groups in total. The standard InChI is InChI=1S/C15H17N5O3/c1-11-17-18-13(23-11)14(21)19-7-9-20(10-8-19)15(22)16-12-5-3-2-4-6-12/h2-6H,7-10H2,1H3,(H,16,22). The maximum absolute atomic E-state index is 12.2. The smallest absolute Gasteiger partial charge is 0.321 e. The van der Waals surface area contributed by atoms with Gasteiger partial charge in [-0.05, 0) is 12.1 Å². The third kappa shape index (κ3) is 3.47. The number of rotatable bonds is 2. The second-order valence-corrected chi connectivity index (χ2v) is 5.20. The summed E-state index contributed by atoms with van der Waals surface area (Å²) in [7, 11) is 0. The number of nitrogens with one attached hydrogen (secondary N) is 1. The number of aryl methyl sites for hydroxylation is 1. The lowest BCUT2D eigenvalue weighted by atomic mass is 10.3. The van der Waals surface area contributed by atoms with Crippen molar-refractivity contribution in [3.63, 3.8) is 0 Å². The molecule has 2 aromatic rings. The zero-order valence-electron chi connectivity index (χ0n) is 12.7. The van der Waals surface area contributed by atoms with Gasteiger partial charge in [0.15, 0.2) is 0 Å². The predicted molar refractivity (Wildman–Crippen MR) is 82.0 cm³/mol. The van der Waals surface area contributed by atoms with E-state index in [0.29, 0.717) is 32.1 Å². The molecule has 1 fully saturated rings. The maximum Gasteiger partial charge on any atom is 0.321 e. The van der Waals surface area contributed by atoms with Crippen LogP contribution in [-0.4, -0.2) is 58.1 Å². The van der Waals surface area contributed by atoms with Crippen LogP contribution in [0.4, 0.5) is 10.5 Å². The Balaban J connectivity index is 1.54. The number of carbonyl (C=O) groups excluding carboxylic acids is 2. The molecule has 1 aliphatic heterocycles. The number of nitrogens with zero attached hydrogens (tertiary/aromatic N) is 4. The van der Waals surface area contributed by atoms with E-state index in [2.05, 4.69) is 15.5 Å². The van der Waals surface area contributed by atoms with Crippen molar-refractivity contribution in [2.45, 2.75) is 6.92 Å². The first kappa shape index (κ1) is 15.0. The highest BCUT2D eigenvalue weighted by Crippen LogP contribution is 2.11. The van der Waals surface area contributed by atoms with E-state index in [0.717, 1.165) is 5.69 Å². The Morgan fingerprint density at radius 3 is 2.30 bits per heavy atom. The van der Waals surface area contributed by atoms with Gasteiger partial charge in [-0.2, -0.15) is 0 Å². The van der Waals surface area contributed by atoms with E-state index in [-0.39, 0.29) is 17.8 Å². The van der Waals surface area contributed by atoms with Crippen molar-refractivity contribution in [2.24, 2.45) is 0 Å². The highest BCUT2D eigenvalue weighted by atomic mass is 16.4. The molecule has 23 heavy (non-hydrogen) atoms. The average Bonchev–Trinajstić information content (AvgIpc) is 3.02. The van der Waals surface area contributed by atoms with Crippen LogP contribution in [-0.2, 0) is 0 Å². The second-order valence-electron chi connectivity index (χ2n) is 5.20. The molecule has 8 nitrogen and oxygen atoms in total. The van der Waals surface area contributed by atoms with Crippen LogP contribution in [0.2, 0.25) is 0 Å². The molecule has 1 aromatic carbocycles. The van der Waals surface area contributed by atoms with Crippen molar-refractivity contribution < 1.29 is 14.0 Å². The Hall–Kier alpha value is -2.90. The first-order chi connectivity index (χ1) is 11.1. The largest absolute Gasteiger partial charge is 0.417 e. The second kappa shape index (κ2) is 6.47. The van der Waals surface area contributed by atoms with Crippen molar-refractivity contribution in [2.75, 3.05) is 31.5 Å². The Morgan fingerprint density at radius 1 is 1.04 bits per heavy atom. The Labute approximate surface area is 133 Å². The minimum absolute atomic E-state index is 0.00955. The highest BCUT2D eigenvalue weighted by molar-refractivity contribution is 5.91. The van der Waals surface area contributed by atoms with E-state index < -0.39 is 0 Å². The molecule has 0 saturated carbocycles. The summed E-state index contributed by atoms with van der Waals surface area (Å²) in [6.07, 6.45) is 0. The lowest BCUT2D eigenvalue weighted by Crippen LogP contribution is -2.51. The molecule has 0 spiro atoms. The van der Waals surface area contributed by atoms with E-state index in [9.17, 15) is 9.59 Å². The van der Waals surface area contributed by atoms with Gasteiger partial charge < -0.3 is 19.5 Å². The maximum atomic E-state index is 12.2. The summed E-state index contributed by atoms with van der Waals surface area (Å²) in [5.41, 5.74) is 0.748. The van der Waals surface area contributed by atoms with Gasteiger partial charge in [0, 0.05) is 38.8 Å². The quantitative estimate of drug-likeness (QED) is 0.903. The molecule has 0 unspecified atom stereocenters.